The third kappa shape index (κ3) is 4.54. The maximum absolute atomic E-state index is 14.1. The molecule has 4 heterocycles. The molecule has 39 heavy (non-hydrogen) atoms. The molecule has 8 nitrogen and oxygen atoms in total. The number of hydrogen-bond donors (Lipinski definition) is 0. The number of nitrogens with zero attached hydrogens (tertiary/aromatic N) is 6. The van der Waals surface area contributed by atoms with Crippen molar-refractivity contribution in [3.63, 3.8) is 0 Å². The van der Waals surface area contributed by atoms with Gasteiger partial charge in [0.15, 0.2) is 5.65 Å². The number of hydrogen-bond acceptors (Lipinski definition) is 5. The molecule has 0 saturated heterocycles. The molecule has 0 aliphatic rings. The Kier molecular flexibility index (Phi) is 6.36. The smallest absolute Gasteiger partial charge is 0.276 e. The van der Waals surface area contributed by atoms with Gasteiger partial charge in [-0.25, -0.2) is 4.79 Å². The second kappa shape index (κ2) is 10.1. The Labute approximate surface area is 224 Å². The van der Waals surface area contributed by atoms with E-state index in [1.54, 1.807) is 35.4 Å². The molecule has 6 rings (SSSR count). The zero-order chi connectivity index (χ0) is 26.9. The van der Waals surface area contributed by atoms with E-state index in [2.05, 4.69) is 34.2 Å². The van der Waals surface area contributed by atoms with Gasteiger partial charge in [-0.2, -0.15) is 5.10 Å². The Hall–Kier alpha value is -4.85. The van der Waals surface area contributed by atoms with Crippen molar-refractivity contribution in [2.45, 2.75) is 33.5 Å². The van der Waals surface area contributed by atoms with Gasteiger partial charge < -0.3 is 0 Å². The third-order valence-corrected chi connectivity index (χ3v) is 6.88. The minimum atomic E-state index is -0.374. The lowest BCUT2D eigenvalue weighted by Crippen LogP contribution is -2.41. The first-order valence-electron chi connectivity index (χ1n) is 13.0. The fraction of sp³-hybridized carbons (Fsp3) is 0.194. The number of fused-ring (bicyclic) bond motifs is 2. The first-order valence-corrected chi connectivity index (χ1v) is 13.0. The molecule has 4 aromatic heterocycles. The summed E-state index contributed by atoms with van der Waals surface area (Å²) >= 11 is 0. The normalized spacial score (nSPS) is 11.6. The molecule has 0 bridgehead atoms. The van der Waals surface area contributed by atoms with Crippen LogP contribution in [0.4, 0.5) is 0 Å². The molecule has 0 N–H and O–H groups in total. The number of pyridine rings is 2. The van der Waals surface area contributed by atoms with Gasteiger partial charge in [0, 0.05) is 36.9 Å². The van der Waals surface area contributed by atoms with Crippen LogP contribution in [0.1, 0.15) is 25.0 Å². The van der Waals surface area contributed by atoms with E-state index >= 15 is 0 Å². The Morgan fingerprint density at radius 3 is 2.36 bits per heavy atom. The van der Waals surface area contributed by atoms with Crippen molar-refractivity contribution in [2.24, 2.45) is 5.92 Å². The summed E-state index contributed by atoms with van der Waals surface area (Å²) in [6, 6.07) is 21.8. The summed E-state index contributed by atoms with van der Waals surface area (Å²) in [4.78, 5) is 36.3. The zero-order valence-corrected chi connectivity index (χ0v) is 21.9. The third-order valence-electron chi connectivity index (χ3n) is 6.88. The van der Waals surface area contributed by atoms with E-state index in [0.717, 1.165) is 27.5 Å². The van der Waals surface area contributed by atoms with Gasteiger partial charge in [-0.15, -0.1) is 0 Å². The average molecular weight is 517 g/mol. The van der Waals surface area contributed by atoms with Crippen LogP contribution < -0.4 is 11.2 Å². The van der Waals surface area contributed by atoms with Gasteiger partial charge >= 0.3 is 5.69 Å². The van der Waals surface area contributed by atoms with Gasteiger partial charge in [0.25, 0.3) is 5.56 Å². The van der Waals surface area contributed by atoms with Gasteiger partial charge in [-0.1, -0.05) is 62.4 Å². The summed E-state index contributed by atoms with van der Waals surface area (Å²) in [6.45, 7) is 5.09. The summed E-state index contributed by atoms with van der Waals surface area (Å²) < 4.78 is 4.80. The van der Waals surface area contributed by atoms with Crippen LogP contribution >= 0.6 is 0 Å². The molecule has 8 heteroatoms. The highest BCUT2D eigenvalue weighted by atomic mass is 16.2. The molecule has 2 aromatic carbocycles. The van der Waals surface area contributed by atoms with Crippen LogP contribution in [-0.4, -0.2) is 28.9 Å². The van der Waals surface area contributed by atoms with Crippen molar-refractivity contribution in [3.8, 4) is 11.3 Å². The Morgan fingerprint density at radius 1 is 0.795 bits per heavy atom. The molecular weight excluding hydrogens is 488 g/mol. The van der Waals surface area contributed by atoms with Crippen molar-refractivity contribution >= 4 is 21.8 Å². The average Bonchev–Trinajstić information content (AvgIpc) is 3.33. The van der Waals surface area contributed by atoms with Gasteiger partial charge in [0.1, 0.15) is 5.39 Å². The standard InChI is InChI=1S/C31H28N6O2/c1-21(2)18-35-29-27(30(38)36(31(35)39)19-22-7-6-14-33-17-22)28(24-12-15-32-16-13-24)37(34-29)20-25-10-5-9-23-8-3-4-11-26(23)25/h3-17,21H,18-20H2,1-2H3. The number of rotatable bonds is 7. The molecule has 0 amide bonds. The fourth-order valence-electron chi connectivity index (χ4n) is 5.15. The summed E-state index contributed by atoms with van der Waals surface area (Å²) in [5.41, 5.74) is 2.99. The van der Waals surface area contributed by atoms with Crippen LogP contribution in [0.25, 0.3) is 33.1 Å². The highest BCUT2D eigenvalue weighted by Gasteiger charge is 2.24. The molecule has 6 aromatic rings. The predicted molar refractivity (Wildman–Crippen MR) is 153 cm³/mol. The van der Waals surface area contributed by atoms with E-state index in [0.29, 0.717) is 29.8 Å². The first kappa shape index (κ1) is 24.5. The van der Waals surface area contributed by atoms with Crippen LogP contribution in [0.2, 0.25) is 0 Å². The van der Waals surface area contributed by atoms with Crippen molar-refractivity contribution in [2.75, 3.05) is 0 Å². The summed E-state index contributed by atoms with van der Waals surface area (Å²) in [6.07, 6.45) is 6.76. The predicted octanol–water partition coefficient (Wildman–Crippen LogP) is 4.72. The van der Waals surface area contributed by atoms with Crippen LogP contribution in [-0.2, 0) is 19.6 Å². The maximum atomic E-state index is 14.1. The summed E-state index contributed by atoms with van der Waals surface area (Å²) in [5, 5.41) is 7.62. The van der Waals surface area contributed by atoms with Gasteiger partial charge in [0.2, 0.25) is 0 Å². The van der Waals surface area contributed by atoms with Gasteiger partial charge in [-0.3, -0.25) is 28.6 Å². The molecule has 0 unspecified atom stereocenters. The zero-order valence-electron chi connectivity index (χ0n) is 21.9. The van der Waals surface area contributed by atoms with Gasteiger partial charge in [0.05, 0.1) is 18.8 Å². The minimum absolute atomic E-state index is 0.129. The lowest BCUT2D eigenvalue weighted by Gasteiger charge is -2.13. The van der Waals surface area contributed by atoms with Crippen LogP contribution in [0.15, 0.2) is 101 Å². The number of aromatic nitrogens is 6. The molecule has 0 aliphatic heterocycles. The maximum Gasteiger partial charge on any atom is 0.333 e. The summed E-state index contributed by atoms with van der Waals surface area (Å²) in [5.74, 6) is 0.169. The Bertz CT molecular complexity index is 1900. The first-order chi connectivity index (χ1) is 19.0. The molecular formula is C31H28N6O2. The topological polar surface area (TPSA) is 87.6 Å². The van der Waals surface area contributed by atoms with E-state index < -0.39 is 0 Å². The van der Waals surface area contributed by atoms with E-state index in [1.807, 2.05) is 54.9 Å². The fourth-order valence-corrected chi connectivity index (χ4v) is 5.15. The van der Waals surface area contributed by atoms with Crippen molar-refractivity contribution in [3.05, 3.63) is 123 Å². The van der Waals surface area contributed by atoms with E-state index in [9.17, 15) is 9.59 Å². The molecule has 0 spiro atoms. The Balaban J connectivity index is 1.65. The van der Waals surface area contributed by atoms with E-state index in [1.165, 1.54) is 4.57 Å². The minimum Gasteiger partial charge on any atom is -0.276 e. The van der Waals surface area contributed by atoms with Crippen LogP contribution in [0, 0.1) is 5.92 Å². The molecule has 0 radical (unpaired) electrons. The molecule has 0 aliphatic carbocycles. The quantitative estimate of drug-likeness (QED) is 0.306. The lowest BCUT2D eigenvalue weighted by atomic mass is 10.0. The number of benzene rings is 2. The van der Waals surface area contributed by atoms with Crippen molar-refractivity contribution < 1.29 is 0 Å². The van der Waals surface area contributed by atoms with Gasteiger partial charge in [-0.05, 0) is 46.0 Å². The van der Waals surface area contributed by atoms with Crippen LogP contribution in [0.5, 0.6) is 0 Å². The van der Waals surface area contributed by atoms with Crippen molar-refractivity contribution in [1.82, 2.24) is 28.9 Å². The molecule has 0 atom stereocenters. The second-order valence-corrected chi connectivity index (χ2v) is 10.1. The highest BCUT2D eigenvalue weighted by molar-refractivity contribution is 5.91. The second-order valence-electron chi connectivity index (χ2n) is 10.1. The van der Waals surface area contributed by atoms with Crippen molar-refractivity contribution in [1.29, 1.82) is 0 Å². The summed E-state index contributed by atoms with van der Waals surface area (Å²) in [7, 11) is 0. The lowest BCUT2D eigenvalue weighted by molar-refractivity contribution is 0.492. The SMILES string of the molecule is CC(C)Cn1c(=O)n(Cc2cccnc2)c(=O)c2c(-c3ccncc3)n(Cc3cccc4ccccc34)nc21. The van der Waals surface area contributed by atoms with E-state index in [4.69, 9.17) is 5.10 Å². The molecule has 0 saturated carbocycles. The molecule has 0 fully saturated rings. The monoisotopic (exact) mass is 516 g/mol. The largest absolute Gasteiger partial charge is 0.333 e. The highest BCUT2D eigenvalue weighted by Crippen LogP contribution is 2.28. The van der Waals surface area contributed by atoms with Crippen LogP contribution in [0.3, 0.4) is 0 Å². The Morgan fingerprint density at radius 2 is 1.59 bits per heavy atom. The molecule has 194 valence electrons. The van der Waals surface area contributed by atoms with E-state index in [-0.39, 0.29) is 23.7 Å².